The topological polar surface area (TPSA) is 198 Å². The number of ether oxygens (including phenoxy) is 3. The van der Waals surface area contributed by atoms with Gasteiger partial charge in [0.1, 0.15) is 81.0 Å². The number of alkyl halides is 1. The van der Waals surface area contributed by atoms with Crippen LogP contribution in [-0.2, 0) is 9.68 Å². The van der Waals surface area contributed by atoms with Crippen molar-refractivity contribution in [1.82, 2.24) is 15.3 Å². The van der Waals surface area contributed by atoms with Crippen molar-refractivity contribution in [1.29, 1.82) is 10.5 Å². The number of aromatic amines is 1. The molecule has 0 fully saturated rings. The zero-order valence-electron chi connectivity index (χ0n) is 43.3. The van der Waals surface area contributed by atoms with Gasteiger partial charge in [0.05, 0.1) is 38.3 Å². The van der Waals surface area contributed by atoms with Crippen LogP contribution in [0, 0.1) is 51.7 Å². The third kappa shape index (κ3) is 27.7. The van der Waals surface area contributed by atoms with Crippen molar-refractivity contribution < 1.29 is 113 Å². The number of hydrogen-bond donors (Lipinski definition) is 3. The summed E-state index contributed by atoms with van der Waals surface area (Å²) < 4.78 is 94.5. The summed E-state index contributed by atoms with van der Waals surface area (Å²) in [7, 11) is -1.00. The monoisotopic (exact) mass is 1150 g/mol. The standard InChI is InChI=1S/C15H13FN2O.C15H11FN2O.C13H8FNO.C7H4FN.C6H5FO.CH3F.CH2O3.CH4.2K/c2*16-12-3-7-14(8-4-12)19-13-5-1-11(2-6-13)15-17-9-10-18-15;14-11-3-7-13(8-4-11)16-12-5-1-10(9-15)2-6-12;8-7-3-1-6(5-9)2-4-7;7-5-1-3-6(8)4-2-5;1-2;2-1-4-3;;;/h1-8H,9-10H2,(H,17,18);1-10H,(H,17,18);1-8H;1-4H;1-4,8H;1H3;1,3H;1H4;;/q;;;;;;;;;+1/p-1/i;;;;;1D;;;;. The predicted octanol–water partition coefficient (Wildman–Crippen LogP) is 9.97. The summed E-state index contributed by atoms with van der Waals surface area (Å²) in [6.45, 7) is 1.53. The molecular formula is C59H49F6K2N6O7. The molecule has 1 radical (unpaired) electrons. The van der Waals surface area contributed by atoms with Crippen LogP contribution in [0.15, 0.2) is 212 Å². The number of nitrogens with zero attached hydrogens (tertiary/aromatic N) is 4. The smallest absolute Gasteiger partial charge is 0.662 e. The summed E-state index contributed by atoms with van der Waals surface area (Å²) >= 11 is 0. The first kappa shape index (κ1) is 69.0. The number of H-pyrrole nitrogens is 1. The fraction of sp³-hybridized carbons (Fsp3) is 0.0678. The number of benzene rings is 8. The van der Waals surface area contributed by atoms with Crippen LogP contribution in [0.4, 0.5) is 26.3 Å². The van der Waals surface area contributed by atoms with E-state index in [2.05, 4.69) is 25.2 Å². The van der Waals surface area contributed by atoms with Gasteiger partial charge in [-0.2, -0.15) is 10.5 Å². The van der Waals surface area contributed by atoms with E-state index in [-0.39, 0.29) is 152 Å². The Morgan fingerprint density at radius 1 is 0.575 bits per heavy atom. The number of phenols is 1. The van der Waals surface area contributed by atoms with E-state index in [1.165, 1.54) is 84.9 Å². The fourth-order valence-corrected chi connectivity index (χ4v) is 5.86. The first-order valence-electron chi connectivity index (χ1n) is 23.0. The molecule has 0 saturated heterocycles. The molecule has 1 aliphatic rings. The van der Waals surface area contributed by atoms with E-state index in [1.54, 1.807) is 73.1 Å². The summed E-state index contributed by atoms with van der Waals surface area (Å²) in [5.41, 5.74) is 3.09. The number of aromatic nitrogens is 2. The van der Waals surface area contributed by atoms with Crippen LogP contribution in [0.2, 0.25) is 0 Å². The molecule has 13 nitrogen and oxygen atoms in total. The van der Waals surface area contributed by atoms with Crippen molar-refractivity contribution in [2.45, 2.75) is 7.43 Å². The Bertz CT molecular complexity index is 3220. The number of aromatic hydroxyl groups is 1. The maximum Gasteiger partial charge on any atom is 1.00 e. The first-order valence-corrected chi connectivity index (χ1v) is 22.3. The number of phenolic OH excluding ortho intramolecular Hbond substituents is 1. The third-order valence-corrected chi connectivity index (χ3v) is 9.40. The minimum atomic E-state index is -1.00. The second-order valence-corrected chi connectivity index (χ2v) is 14.7. The molecule has 0 spiro atoms. The third-order valence-electron chi connectivity index (χ3n) is 9.40. The number of aliphatic imine (C=N–C) groups is 1. The SMILES string of the molecule is C.Fc1ccc(Oc2ccc(-c3ncc[nH]3)cc2)cc1.Fc1ccc(Oc2ccc(C3=NCCN3)cc2)cc1.N#Cc1ccc(F)cc1.N#Cc1ccc(Oc2ccc(F)cc2)cc1.O=CO[O-].Oc1ccc(F)cc1.[2H]CF.[K+].[K]. The molecule has 8 aromatic carbocycles. The summed E-state index contributed by atoms with van der Waals surface area (Å²) in [5, 5.41) is 37.1. The van der Waals surface area contributed by atoms with E-state index in [1.807, 2.05) is 60.7 Å². The Hall–Kier alpha value is -7.10. The maximum atomic E-state index is 12.8. The van der Waals surface area contributed by atoms with Gasteiger partial charge in [-0.15, -0.1) is 0 Å². The Labute approximate surface area is 545 Å². The number of halogens is 6. The second kappa shape index (κ2) is 41.0. The summed E-state index contributed by atoms with van der Waals surface area (Å²) in [6.07, 6.45) is 3.48. The molecule has 3 N–H and O–H groups in total. The van der Waals surface area contributed by atoms with Gasteiger partial charge in [0, 0.05) is 81.4 Å². The zero-order valence-corrected chi connectivity index (χ0v) is 48.5. The minimum Gasteiger partial charge on any atom is -0.662 e. The fourth-order valence-electron chi connectivity index (χ4n) is 5.86. The molecule has 0 bridgehead atoms. The number of carbonyl (C=O) groups is 1. The number of nitrogens with one attached hydrogen (secondary N) is 2. The molecule has 0 aliphatic carbocycles. The van der Waals surface area contributed by atoms with Crippen molar-refractivity contribution >= 4 is 63.7 Å². The summed E-state index contributed by atoms with van der Waals surface area (Å²) in [4.78, 5) is 22.8. The van der Waals surface area contributed by atoms with Crippen molar-refractivity contribution in [2.75, 3.05) is 20.2 Å². The quantitative estimate of drug-likeness (QED) is 0.0409. The molecule has 0 amide bonds. The van der Waals surface area contributed by atoms with E-state index >= 15 is 0 Å². The van der Waals surface area contributed by atoms with Gasteiger partial charge in [0.2, 0.25) is 0 Å². The Morgan fingerprint density at radius 2 is 0.875 bits per heavy atom. The largest absolute Gasteiger partial charge is 1.00 e. The van der Waals surface area contributed by atoms with Gasteiger partial charge < -0.3 is 39.8 Å². The number of rotatable bonds is 9. The van der Waals surface area contributed by atoms with Crippen LogP contribution in [0.25, 0.3) is 11.4 Å². The average Bonchev–Trinajstić information content (AvgIpc) is 4.24. The van der Waals surface area contributed by atoms with Crippen LogP contribution < -0.4 is 76.2 Å². The van der Waals surface area contributed by atoms with Crippen LogP contribution in [-0.4, -0.2) is 99.0 Å². The van der Waals surface area contributed by atoms with Crippen LogP contribution in [0.5, 0.6) is 40.2 Å². The molecule has 1 aliphatic heterocycles. The van der Waals surface area contributed by atoms with Gasteiger partial charge in [-0.25, -0.2) is 26.9 Å². The molecule has 2 heterocycles. The summed E-state index contributed by atoms with van der Waals surface area (Å²) in [5.74, 6) is 4.15. The Morgan fingerprint density at radius 3 is 1.16 bits per heavy atom. The zero-order chi connectivity index (χ0) is 56.3. The van der Waals surface area contributed by atoms with Crippen LogP contribution >= 0.6 is 0 Å². The molecule has 0 atom stereocenters. The van der Waals surface area contributed by atoms with Crippen LogP contribution in [0.3, 0.4) is 0 Å². The number of amidine groups is 1. The number of nitriles is 2. The van der Waals surface area contributed by atoms with E-state index < -0.39 is 7.15 Å². The van der Waals surface area contributed by atoms with Crippen molar-refractivity contribution in [3.63, 3.8) is 0 Å². The minimum absolute atomic E-state index is 0. The predicted molar refractivity (Wildman–Crippen MR) is 286 cm³/mol. The van der Waals surface area contributed by atoms with Crippen molar-refractivity contribution in [3.05, 3.63) is 252 Å². The molecule has 1 aromatic heterocycles. The van der Waals surface area contributed by atoms with Gasteiger partial charge in [-0.3, -0.25) is 14.2 Å². The molecule has 80 heavy (non-hydrogen) atoms. The van der Waals surface area contributed by atoms with Gasteiger partial charge in [0.15, 0.2) is 0 Å². The van der Waals surface area contributed by atoms with E-state index in [4.69, 9.17) is 41.3 Å². The molecule has 9 aromatic rings. The maximum absolute atomic E-state index is 12.8. The van der Waals surface area contributed by atoms with Gasteiger partial charge >= 0.3 is 51.4 Å². The van der Waals surface area contributed by atoms with E-state index in [9.17, 15) is 26.3 Å². The molecule has 10 rings (SSSR count). The van der Waals surface area contributed by atoms with E-state index in [0.717, 1.165) is 35.9 Å². The molecule has 401 valence electrons. The number of imidazole rings is 1. The Kier molecular flexibility index (Phi) is 35.4. The van der Waals surface area contributed by atoms with Crippen molar-refractivity contribution in [3.8, 4) is 63.8 Å². The average molecular weight is 1150 g/mol. The van der Waals surface area contributed by atoms with Gasteiger partial charge in [-0.05, 0) is 194 Å². The van der Waals surface area contributed by atoms with Crippen molar-refractivity contribution in [2.24, 2.45) is 4.99 Å². The Balaban J connectivity index is 0.000000501. The first-order chi connectivity index (χ1) is 37.8. The molecule has 0 unspecified atom stereocenters. The van der Waals surface area contributed by atoms with Gasteiger partial charge in [0.25, 0.3) is 6.47 Å². The number of hydrogen-bond acceptors (Lipinski definition) is 12. The molecule has 21 heteroatoms. The van der Waals surface area contributed by atoms with E-state index in [0.29, 0.717) is 45.6 Å². The molecule has 0 saturated carbocycles. The van der Waals surface area contributed by atoms with Crippen LogP contribution in [0.1, 0.15) is 25.5 Å². The second-order valence-electron chi connectivity index (χ2n) is 14.7. The number of carbonyl (C=O) groups excluding carboxylic acids is 1. The summed E-state index contributed by atoms with van der Waals surface area (Å²) in [6, 6.07) is 53.9. The molecular weight excluding hydrogens is 1100 g/mol. The normalized spacial score (nSPS) is 10.0. The van der Waals surface area contributed by atoms with Gasteiger partial charge in [-0.1, -0.05) is 7.43 Å².